The molecular formula is C14H12O6. The van der Waals surface area contributed by atoms with Crippen molar-refractivity contribution in [1.29, 1.82) is 0 Å². The lowest BCUT2D eigenvalue weighted by Crippen LogP contribution is -2.18. The maximum Gasteiger partial charge on any atom is 0.348 e. The average Bonchev–Trinajstić information content (AvgIpc) is 2.58. The molecule has 0 fully saturated rings. The van der Waals surface area contributed by atoms with Gasteiger partial charge in [-0.1, -0.05) is 0 Å². The third kappa shape index (κ3) is 1.55. The van der Waals surface area contributed by atoms with Gasteiger partial charge in [-0.3, -0.25) is 4.79 Å². The van der Waals surface area contributed by atoms with E-state index in [1.807, 2.05) is 0 Å². The van der Waals surface area contributed by atoms with Crippen LogP contribution >= 0.6 is 0 Å². The highest BCUT2D eigenvalue weighted by Crippen LogP contribution is 2.42. The first-order chi connectivity index (χ1) is 9.35. The second kappa shape index (κ2) is 3.83. The van der Waals surface area contributed by atoms with Gasteiger partial charge in [0.25, 0.3) is 0 Å². The van der Waals surface area contributed by atoms with E-state index < -0.39 is 17.0 Å². The van der Waals surface area contributed by atoms with Crippen molar-refractivity contribution in [3.8, 4) is 11.5 Å². The Morgan fingerprint density at radius 1 is 1.35 bits per heavy atom. The molecule has 1 aliphatic carbocycles. The second-order valence-corrected chi connectivity index (χ2v) is 5.04. The van der Waals surface area contributed by atoms with Gasteiger partial charge in [-0.2, -0.15) is 0 Å². The van der Waals surface area contributed by atoms with Gasteiger partial charge in [-0.25, -0.2) is 4.79 Å². The van der Waals surface area contributed by atoms with E-state index in [2.05, 4.69) is 0 Å². The van der Waals surface area contributed by atoms with Crippen LogP contribution in [0.2, 0.25) is 0 Å². The average molecular weight is 276 g/mol. The van der Waals surface area contributed by atoms with Crippen molar-refractivity contribution in [3.63, 3.8) is 0 Å². The molecule has 20 heavy (non-hydrogen) atoms. The molecule has 0 radical (unpaired) electrons. The van der Waals surface area contributed by atoms with Crippen LogP contribution in [0.25, 0.3) is 10.8 Å². The van der Waals surface area contributed by atoms with Crippen LogP contribution in [-0.4, -0.2) is 23.1 Å². The van der Waals surface area contributed by atoms with E-state index in [0.717, 1.165) is 0 Å². The minimum Gasteiger partial charge on any atom is -0.507 e. The zero-order valence-corrected chi connectivity index (χ0v) is 10.9. The molecule has 2 aromatic rings. The summed E-state index contributed by atoms with van der Waals surface area (Å²) in [6, 6.07) is 2.77. The molecule has 2 N–H and O–H groups in total. The van der Waals surface area contributed by atoms with Gasteiger partial charge in [0.05, 0.1) is 12.7 Å². The third-order valence-corrected chi connectivity index (χ3v) is 3.52. The number of carbonyl (C=O) groups excluding carboxylic acids is 1. The van der Waals surface area contributed by atoms with Crippen LogP contribution in [0, 0.1) is 0 Å². The molecule has 0 aliphatic heterocycles. The smallest absolute Gasteiger partial charge is 0.348 e. The summed E-state index contributed by atoms with van der Waals surface area (Å²) in [5, 5.41) is 20.5. The number of benzene rings is 1. The van der Waals surface area contributed by atoms with Gasteiger partial charge in [0.1, 0.15) is 16.9 Å². The molecular weight excluding hydrogens is 264 g/mol. The fourth-order valence-electron chi connectivity index (χ4n) is 2.66. The number of rotatable bonds is 1. The summed E-state index contributed by atoms with van der Waals surface area (Å²) in [5.41, 5.74) is -2.04. The second-order valence-electron chi connectivity index (χ2n) is 5.04. The summed E-state index contributed by atoms with van der Waals surface area (Å²) in [4.78, 5) is 23.7. The van der Waals surface area contributed by atoms with Crippen molar-refractivity contribution < 1.29 is 24.2 Å². The standard InChI is InChI=1S/C14H12O6/c1-14(18)5-9(16)12-11(14)7-3-6(19-2)4-8(15)10(7)13(17)20-12/h3-4,15,18H,5H2,1-2H3. The lowest BCUT2D eigenvalue weighted by Gasteiger charge is -2.18. The third-order valence-electron chi connectivity index (χ3n) is 3.52. The van der Waals surface area contributed by atoms with E-state index in [1.165, 1.54) is 26.2 Å². The molecule has 104 valence electrons. The summed E-state index contributed by atoms with van der Waals surface area (Å²) in [5.74, 6) is -0.588. The van der Waals surface area contributed by atoms with Gasteiger partial charge < -0.3 is 19.4 Å². The van der Waals surface area contributed by atoms with E-state index in [-0.39, 0.29) is 34.3 Å². The molecule has 0 saturated carbocycles. The first-order valence-corrected chi connectivity index (χ1v) is 5.99. The van der Waals surface area contributed by atoms with Crippen LogP contribution in [0.5, 0.6) is 11.5 Å². The zero-order valence-electron chi connectivity index (χ0n) is 10.9. The lowest BCUT2D eigenvalue weighted by molar-refractivity contribution is 0.0544. The van der Waals surface area contributed by atoms with Crippen molar-refractivity contribution in [2.24, 2.45) is 0 Å². The van der Waals surface area contributed by atoms with Crippen LogP contribution in [0.3, 0.4) is 0 Å². The molecule has 0 saturated heterocycles. The highest BCUT2D eigenvalue weighted by molar-refractivity contribution is 6.05. The van der Waals surface area contributed by atoms with Crippen LogP contribution < -0.4 is 10.4 Å². The molecule has 6 heteroatoms. The number of aromatic hydroxyl groups is 1. The van der Waals surface area contributed by atoms with Gasteiger partial charge in [0.15, 0.2) is 5.76 Å². The maximum atomic E-state index is 11.9. The Balaban J connectivity index is 2.55. The molecule has 0 amide bonds. The van der Waals surface area contributed by atoms with Gasteiger partial charge in [0.2, 0.25) is 5.78 Å². The summed E-state index contributed by atoms with van der Waals surface area (Å²) < 4.78 is 10.0. The summed E-state index contributed by atoms with van der Waals surface area (Å²) in [6.45, 7) is 1.46. The Kier molecular flexibility index (Phi) is 2.43. The Bertz CT molecular complexity index is 799. The SMILES string of the molecule is COc1cc(O)c2c(=O)oc3c(c2c1)C(C)(O)CC3=O. The predicted molar refractivity (Wildman–Crippen MR) is 69.2 cm³/mol. The fourth-order valence-corrected chi connectivity index (χ4v) is 2.66. The van der Waals surface area contributed by atoms with Gasteiger partial charge >= 0.3 is 5.63 Å². The van der Waals surface area contributed by atoms with E-state index >= 15 is 0 Å². The van der Waals surface area contributed by atoms with Crippen LogP contribution in [0.4, 0.5) is 0 Å². The maximum absolute atomic E-state index is 11.9. The van der Waals surface area contributed by atoms with Crippen molar-refractivity contribution in [2.75, 3.05) is 7.11 Å². The normalized spacial score (nSPS) is 21.2. The molecule has 1 aromatic heterocycles. The molecule has 1 unspecified atom stereocenters. The number of hydrogen-bond donors (Lipinski definition) is 2. The number of Topliss-reactive ketones (excluding diaryl/α,β-unsaturated/α-hetero) is 1. The van der Waals surface area contributed by atoms with E-state index in [4.69, 9.17) is 9.15 Å². The number of fused-ring (bicyclic) bond motifs is 3. The van der Waals surface area contributed by atoms with Gasteiger partial charge in [0, 0.05) is 23.4 Å². The Morgan fingerprint density at radius 3 is 2.70 bits per heavy atom. The van der Waals surface area contributed by atoms with Gasteiger partial charge in [-0.15, -0.1) is 0 Å². The highest BCUT2D eigenvalue weighted by atomic mass is 16.5. The lowest BCUT2D eigenvalue weighted by atomic mass is 9.95. The van der Waals surface area contributed by atoms with Crippen molar-refractivity contribution >= 4 is 16.6 Å². The first kappa shape index (κ1) is 12.7. The highest BCUT2D eigenvalue weighted by Gasteiger charge is 2.42. The van der Waals surface area contributed by atoms with Crippen molar-refractivity contribution in [1.82, 2.24) is 0 Å². The number of hydrogen-bond acceptors (Lipinski definition) is 6. The minimum atomic E-state index is -1.44. The van der Waals surface area contributed by atoms with Crippen molar-refractivity contribution in [3.05, 3.63) is 33.9 Å². The largest absolute Gasteiger partial charge is 0.507 e. The van der Waals surface area contributed by atoms with Crippen LogP contribution in [0.1, 0.15) is 29.5 Å². The van der Waals surface area contributed by atoms with Gasteiger partial charge in [-0.05, 0) is 13.0 Å². The van der Waals surface area contributed by atoms with Crippen molar-refractivity contribution in [2.45, 2.75) is 18.9 Å². The molecule has 6 nitrogen and oxygen atoms in total. The minimum absolute atomic E-state index is 0.0699. The quantitative estimate of drug-likeness (QED) is 0.814. The molecule has 0 bridgehead atoms. The molecule has 1 aliphatic rings. The topological polar surface area (TPSA) is 97.0 Å². The van der Waals surface area contributed by atoms with E-state index in [1.54, 1.807) is 0 Å². The number of aliphatic hydroxyl groups is 1. The van der Waals surface area contributed by atoms with Crippen LogP contribution in [0.15, 0.2) is 21.3 Å². The number of ketones is 1. The number of phenolic OH excluding ortho intramolecular Hbond substituents is 1. The Labute approximate surface area is 113 Å². The van der Waals surface area contributed by atoms with Crippen LogP contribution in [-0.2, 0) is 5.60 Å². The summed E-state index contributed by atoms with van der Waals surface area (Å²) in [6.07, 6.45) is -0.164. The zero-order chi connectivity index (χ0) is 14.7. The number of ether oxygens (including phenoxy) is 1. The summed E-state index contributed by atoms with van der Waals surface area (Å²) >= 11 is 0. The molecule has 1 atom stereocenters. The summed E-state index contributed by atoms with van der Waals surface area (Å²) in [7, 11) is 1.41. The molecule has 1 aromatic carbocycles. The molecule has 3 rings (SSSR count). The Hall–Kier alpha value is -2.34. The number of carbonyl (C=O) groups is 1. The first-order valence-electron chi connectivity index (χ1n) is 5.99. The monoisotopic (exact) mass is 276 g/mol. The predicted octanol–water partition coefficient (Wildman–Crippen LogP) is 1.30. The number of methoxy groups -OCH3 is 1. The Morgan fingerprint density at radius 2 is 2.05 bits per heavy atom. The molecule has 0 spiro atoms. The van der Waals surface area contributed by atoms with E-state index in [9.17, 15) is 19.8 Å². The molecule has 1 heterocycles. The van der Waals surface area contributed by atoms with E-state index in [0.29, 0.717) is 5.75 Å². The fraction of sp³-hybridized carbons (Fsp3) is 0.286. The number of phenols is 1.